The topological polar surface area (TPSA) is 47.0 Å². The molecule has 4 rings (SSSR count). The predicted octanol–water partition coefficient (Wildman–Crippen LogP) is 6.32. The molecule has 146 valence electrons. The lowest BCUT2D eigenvalue weighted by atomic mass is 10.0. The molecule has 0 saturated heterocycles. The summed E-state index contributed by atoms with van der Waals surface area (Å²) in [6, 6.07) is 13.5. The van der Waals surface area contributed by atoms with Gasteiger partial charge in [-0.2, -0.15) is 0 Å². The van der Waals surface area contributed by atoms with Gasteiger partial charge in [0.1, 0.15) is 17.2 Å². The summed E-state index contributed by atoms with van der Waals surface area (Å²) in [4.78, 5) is 3.66. The van der Waals surface area contributed by atoms with Crippen molar-refractivity contribution in [2.24, 2.45) is 0 Å². The van der Waals surface area contributed by atoms with E-state index in [0.29, 0.717) is 0 Å². The van der Waals surface area contributed by atoms with Gasteiger partial charge in [-0.15, -0.1) is 0 Å². The molecule has 29 heavy (non-hydrogen) atoms. The summed E-state index contributed by atoms with van der Waals surface area (Å²) >= 11 is 11.9. The first-order valence-corrected chi connectivity index (χ1v) is 10.6. The van der Waals surface area contributed by atoms with Crippen molar-refractivity contribution < 1.29 is 17.2 Å². The molecule has 0 aliphatic heterocycles. The molecule has 0 bridgehead atoms. The largest absolute Gasteiger partial charge is 0.252 e. The van der Waals surface area contributed by atoms with E-state index in [9.17, 15) is 17.2 Å². The van der Waals surface area contributed by atoms with Crippen molar-refractivity contribution in [3.8, 4) is 11.1 Å². The molecule has 0 N–H and O–H groups in total. The first-order chi connectivity index (χ1) is 13.8. The van der Waals surface area contributed by atoms with E-state index in [1.807, 2.05) is 0 Å². The van der Waals surface area contributed by atoms with E-state index in [1.54, 1.807) is 6.07 Å². The molecule has 4 aromatic rings. The Balaban J connectivity index is 2.11. The third-order valence-corrected chi connectivity index (χ3v) is 6.54. The van der Waals surface area contributed by atoms with Crippen LogP contribution in [-0.2, 0) is 9.84 Å². The van der Waals surface area contributed by atoms with Crippen LogP contribution < -0.4 is 0 Å². The second-order valence-electron chi connectivity index (χ2n) is 6.25. The number of hydrogen-bond donors (Lipinski definition) is 0. The minimum atomic E-state index is -4.16. The smallest absolute Gasteiger partial charge is 0.208 e. The summed E-state index contributed by atoms with van der Waals surface area (Å²) in [7, 11) is -4.16. The van der Waals surface area contributed by atoms with Gasteiger partial charge in [0.2, 0.25) is 9.84 Å². The van der Waals surface area contributed by atoms with Gasteiger partial charge in [0.15, 0.2) is 0 Å². The highest BCUT2D eigenvalue weighted by Gasteiger charge is 2.26. The van der Waals surface area contributed by atoms with Gasteiger partial charge in [0.05, 0.1) is 9.79 Å². The number of rotatable bonds is 3. The molecule has 0 spiro atoms. The fourth-order valence-corrected chi connectivity index (χ4v) is 5.29. The lowest BCUT2D eigenvalue weighted by Crippen LogP contribution is -2.06. The molecule has 0 aliphatic carbocycles. The summed E-state index contributed by atoms with van der Waals surface area (Å²) in [6.45, 7) is 0. The minimum absolute atomic E-state index is 0.0187. The van der Waals surface area contributed by atoms with E-state index in [-0.39, 0.29) is 41.9 Å². The fraction of sp³-hybridized carbons (Fsp3) is 0. The van der Waals surface area contributed by atoms with Crippen LogP contribution in [0.15, 0.2) is 76.7 Å². The average molecular weight is 450 g/mol. The minimum Gasteiger partial charge on any atom is -0.252 e. The van der Waals surface area contributed by atoms with Crippen molar-refractivity contribution in [3.63, 3.8) is 0 Å². The van der Waals surface area contributed by atoms with E-state index in [0.717, 1.165) is 6.20 Å². The Morgan fingerprint density at radius 3 is 2.24 bits per heavy atom. The monoisotopic (exact) mass is 449 g/mol. The summed E-state index contributed by atoms with van der Waals surface area (Å²) in [5, 5.41) is 0.524. The molecular weight excluding hydrogens is 439 g/mol. The van der Waals surface area contributed by atoms with Crippen molar-refractivity contribution in [1.82, 2.24) is 4.98 Å². The van der Waals surface area contributed by atoms with E-state index >= 15 is 0 Å². The Labute approximate surface area is 175 Å². The Bertz CT molecular complexity index is 1350. The molecule has 8 heteroatoms. The maximum Gasteiger partial charge on any atom is 0.208 e. The zero-order chi connectivity index (χ0) is 20.8. The first-order valence-electron chi connectivity index (χ1n) is 8.32. The number of hydrogen-bond acceptors (Lipinski definition) is 3. The summed E-state index contributed by atoms with van der Waals surface area (Å²) in [5.41, 5.74) is 0.398. The lowest BCUT2D eigenvalue weighted by Gasteiger charge is -2.14. The van der Waals surface area contributed by atoms with Gasteiger partial charge in [0.25, 0.3) is 0 Å². The van der Waals surface area contributed by atoms with Gasteiger partial charge in [-0.3, -0.25) is 4.98 Å². The Kier molecular flexibility index (Phi) is 5.02. The quantitative estimate of drug-likeness (QED) is 0.367. The number of fused-ring (bicyclic) bond motifs is 1. The van der Waals surface area contributed by atoms with Gasteiger partial charge in [-0.25, -0.2) is 17.2 Å². The van der Waals surface area contributed by atoms with Crippen LogP contribution in [0.2, 0.25) is 10.0 Å². The van der Waals surface area contributed by atoms with Crippen LogP contribution in [0.25, 0.3) is 22.0 Å². The predicted molar refractivity (Wildman–Crippen MR) is 109 cm³/mol. The average Bonchev–Trinajstić information content (AvgIpc) is 2.66. The first kappa shape index (κ1) is 19.8. The van der Waals surface area contributed by atoms with E-state index in [2.05, 4.69) is 4.98 Å². The maximum atomic E-state index is 14.3. The third kappa shape index (κ3) is 3.59. The van der Waals surface area contributed by atoms with E-state index in [1.165, 1.54) is 54.6 Å². The highest BCUT2D eigenvalue weighted by Crippen LogP contribution is 2.38. The van der Waals surface area contributed by atoms with Crippen molar-refractivity contribution >= 4 is 43.9 Å². The number of benzene rings is 3. The molecule has 3 nitrogen and oxygen atoms in total. The van der Waals surface area contributed by atoms with Crippen LogP contribution in [0.4, 0.5) is 8.78 Å². The standard InChI is InChI=1S/C21H11Cl2F2NO2S/c22-13-8-14(23)10-16(9-13)29(27,28)19-11-26-21-17(5-2-6-18(21)25)20(19)12-3-1-4-15(24)7-12/h1-11H. The molecule has 0 unspecified atom stereocenters. The molecule has 0 saturated carbocycles. The summed E-state index contributed by atoms with van der Waals surface area (Å²) < 4.78 is 55.0. The molecular formula is C21H11Cl2F2NO2S. The van der Waals surface area contributed by atoms with E-state index < -0.39 is 21.5 Å². The number of sulfone groups is 1. The number of pyridine rings is 1. The SMILES string of the molecule is O=S(=O)(c1cc(Cl)cc(Cl)c1)c1cnc2c(F)cccc2c1-c1cccc(F)c1. The van der Waals surface area contributed by atoms with Gasteiger partial charge in [-0.1, -0.05) is 47.5 Å². The second kappa shape index (κ2) is 7.37. The molecule has 1 heterocycles. The van der Waals surface area contributed by atoms with Crippen molar-refractivity contribution in [1.29, 1.82) is 0 Å². The molecule has 0 radical (unpaired) electrons. The molecule has 0 fully saturated rings. The van der Waals surface area contributed by atoms with Crippen LogP contribution in [0.5, 0.6) is 0 Å². The molecule has 1 aromatic heterocycles. The van der Waals surface area contributed by atoms with Gasteiger partial charge in [0, 0.05) is 27.2 Å². The fourth-order valence-electron chi connectivity index (χ4n) is 3.12. The number of aromatic nitrogens is 1. The Morgan fingerprint density at radius 1 is 0.862 bits per heavy atom. The van der Waals surface area contributed by atoms with Crippen molar-refractivity contribution in [3.05, 3.63) is 88.5 Å². The zero-order valence-electron chi connectivity index (χ0n) is 14.5. The van der Waals surface area contributed by atoms with Crippen LogP contribution in [0.1, 0.15) is 0 Å². The number of halogens is 4. The van der Waals surface area contributed by atoms with Crippen LogP contribution in [0, 0.1) is 11.6 Å². The Morgan fingerprint density at radius 2 is 1.55 bits per heavy atom. The molecule has 3 aromatic carbocycles. The number of para-hydroxylation sites is 1. The number of nitrogens with zero attached hydrogens (tertiary/aromatic N) is 1. The summed E-state index contributed by atoms with van der Waals surface area (Å²) in [6.07, 6.45) is 1.07. The van der Waals surface area contributed by atoms with Crippen molar-refractivity contribution in [2.45, 2.75) is 9.79 Å². The normalized spacial score (nSPS) is 11.7. The maximum absolute atomic E-state index is 14.3. The summed E-state index contributed by atoms with van der Waals surface area (Å²) in [5.74, 6) is -1.17. The van der Waals surface area contributed by atoms with E-state index in [4.69, 9.17) is 23.2 Å². The highest BCUT2D eigenvalue weighted by molar-refractivity contribution is 7.91. The Hall–Kier alpha value is -2.54. The molecule has 0 amide bonds. The zero-order valence-corrected chi connectivity index (χ0v) is 16.9. The van der Waals surface area contributed by atoms with Gasteiger partial charge >= 0.3 is 0 Å². The van der Waals surface area contributed by atoms with Gasteiger partial charge in [-0.05, 0) is 42.0 Å². The van der Waals surface area contributed by atoms with Crippen LogP contribution in [-0.4, -0.2) is 13.4 Å². The highest BCUT2D eigenvalue weighted by atomic mass is 35.5. The van der Waals surface area contributed by atoms with Crippen LogP contribution in [0.3, 0.4) is 0 Å². The molecule has 0 aliphatic rings. The van der Waals surface area contributed by atoms with Crippen molar-refractivity contribution in [2.75, 3.05) is 0 Å². The molecule has 0 atom stereocenters. The lowest BCUT2D eigenvalue weighted by molar-refractivity contribution is 0.595. The third-order valence-electron chi connectivity index (χ3n) is 4.36. The second-order valence-corrected chi connectivity index (χ2v) is 9.04. The van der Waals surface area contributed by atoms with Crippen LogP contribution >= 0.6 is 23.2 Å². The van der Waals surface area contributed by atoms with Gasteiger partial charge < -0.3 is 0 Å².